The van der Waals surface area contributed by atoms with E-state index in [-0.39, 0.29) is 0 Å². The molecule has 0 aliphatic rings. The van der Waals surface area contributed by atoms with Gasteiger partial charge in [-0.2, -0.15) is 0 Å². The molecule has 0 N–H and O–H groups in total. The van der Waals surface area contributed by atoms with Crippen LogP contribution in [0, 0.1) is 40.3 Å². The summed E-state index contributed by atoms with van der Waals surface area (Å²) >= 11 is 0. The normalized spacial score (nSPS) is 12.2. The summed E-state index contributed by atoms with van der Waals surface area (Å²) in [5, 5.41) is 3.08. The van der Waals surface area contributed by atoms with Gasteiger partial charge in [0, 0.05) is 11.1 Å². The molecule has 0 bridgehead atoms. The summed E-state index contributed by atoms with van der Waals surface area (Å²) in [6, 6.07) is 36.5. The molecule has 0 saturated heterocycles. The Morgan fingerprint density at radius 3 is 1.53 bits per heavy atom. The van der Waals surface area contributed by atoms with Gasteiger partial charge in [0.15, 0.2) is 43.3 Å². The molecule has 5 rings (SSSR count). The summed E-state index contributed by atoms with van der Waals surface area (Å²) in [6.45, 7) is -6.30. The van der Waals surface area contributed by atoms with Crippen molar-refractivity contribution >= 4 is 22.4 Å². The van der Waals surface area contributed by atoms with Gasteiger partial charge in [-0.3, -0.25) is 0 Å². The number of rotatable bonds is 6. The lowest BCUT2D eigenvalue weighted by molar-refractivity contribution is 0.377. The van der Waals surface area contributed by atoms with Crippen LogP contribution in [-0.2, 0) is 19.9 Å². The molecule has 0 radical (unpaired) electrons. The van der Waals surface area contributed by atoms with Crippen LogP contribution in [-0.4, -0.2) is 6.98 Å². The lowest BCUT2D eigenvalue weighted by atomic mass is 9.79. The molecule has 0 aliphatic carbocycles. The molecular formula is C33H21BF8O2S. The maximum atomic E-state index is 13.9. The van der Waals surface area contributed by atoms with Crippen molar-refractivity contribution in [1.82, 2.24) is 0 Å². The molecule has 230 valence electrons. The predicted molar refractivity (Wildman–Crippen MR) is 158 cm³/mol. The van der Waals surface area contributed by atoms with Gasteiger partial charge >= 0.3 is 6.98 Å². The molecule has 1 atom stereocenters. The molecule has 5 aromatic carbocycles. The number of halogens is 8. The Balaban J connectivity index is 0.000000259. The molecule has 2 nitrogen and oxygen atoms in total. The molecule has 0 aromatic heterocycles. The molecule has 5 aromatic rings. The molecule has 0 heterocycles. The van der Waals surface area contributed by atoms with Crippen molar-refractivity contribution < 1.29 is 43.8 Å². The van der Waals surface area contributed by atoms with Gasteiger partial charge in [0.25, 0.3) is 0 Å². The highest BCUT2D eigenvalue weighted by Gasteiger charge is 2.38. The smallest absolute Gasteiger partial charge is 0.457 e. The van der Waals surface area contributed by atoms with Gasteiger partial charge in [-0.25, -0.2) is 22.0 Å². The maximum Gasteiger partial charge on any atom is 0.515 e. The van der Waals surface area contributed by atoms with Crippen molar-refractivity contribution in [2.45, 2.75) is 10.6 Å². The minimum absolute atomic E-state index is 0.350. The fourth-order valence-corrected chi connectivity index (χ4v) is 5.80. The highest BCUT2D eigenvalue weighted by Crippen LogP contribution is 2.27. The fraction of sp³-hybridized carbons (Fsp3) is 0.0303. The van der Waals surface area contributed by atoms with Crippen molar-refractivity contribution in [3.8, 4) is 22.7 Å². The average Bonchev–Trinajstić information content (AvgIpc) is 3.04. The average molecular weight is 644 g/mol. The molecular weight excluding hydrogens is 623 g/mol. The van der Waals surface area contributed by atoms with E-state index in [1.165, 1.54) is 0 Å². The molecule has 45 heavy (non-hydrogen) atoms. The predicted octanol–water partition coefficient (Wildman–Crippen LogP) is 8.98. The fourth-order valence-electron chi connectivity index (χ4n) is 3.90. The zero-order chi connectivity index (χ0) is 32.6. The van der Waals surface area contributed by atoms with E-state index < -0.39 is 51.5 Å². The molecule has 1 unspecified atom stereocenters. The zero-order valence-electron chi connectivity index (χ0n) is 23.0. The minimum atomic E-state index is -6.30. The monoisotopic (exact) mass is 644 g/mol. The van der Waals surface area contributed by atoms with E-state index in [1.54, 1.807) is 0 Å². The van der Waals surface area contributed by atoms with Gasteiger partial charge in [-0.05, 0) is 59.9 Å². The molecule has 0 spiro atoms. The first-order chi connectivity index (χ1) is 21.4. The Labute approximate surface area is 254 Å². The SMILES string of the molecule is Fc1c(F)c(F)c([B-](F)(F)F)c(F)c1F.O=[S+](C#Cc1ccccc1)(Cc1ccc(Oc2ccccc2)cc1)c1ccccc1. The van der Waals surface area contributed by atoms with Gasteiger partial charge in [-0.1, -0.05) is 70.9 Å². The van der Waals surface area contributed by atoms with Crippen LogP contribution in [0.2, 0.25) is 0 Å². The van der Waals surface area contributed by atoms with E-state index in [0.29, 0.717) is 5.75 Å². The summed E-state index contributed by atoms with van der Waals surface area (Å²) in [5.41, 5.74) is -0.925. The van der Waals surface area contributed by atoms with Crippen LogP contribution in [0.3, 0.4) is 0 Å². The van der Waals surface area contributed by atoms with E-state index in [1.807, 2.05) is 115 Å². The highest BCUT2D eigenvalue weighted by atomic mass is 32.2. The van der Waals surface area contributed by atoms with Crippen molar-refractivity contribution in [2.75, 3.05) is 0 Å². The zero-order valence-corrected chi connectivity index (χ0v) is 23.8. The number of hydrogen-bond acceptors (Lipinski definition) is 2. The van der Waals surface area contributed by atoms with Crippen molar-refractivity contribution in [2.24, 2.45) is 0 Å². The van der Waals surface area contributed by atoms with Crippen LogP contribution in [0.15, 0.2) is 120 Å². The van der Waals surface area contributed by atoms with Gasteiger partial charge < -0.3 is 17.7 Å². The van der Waals surface area contributed by atoms with Crippen LogP contribution in [0.1, 0.15) is 11.1 Å². The standard InChI is InChI=1S/C27H21O2S.C6BF8/c28-30(27-14-8-3-9-15-27,21-20-23-10-4-1-5-11-23)22-24-16-18-26(19-17-24)29-25-12-6-2-7-13-25;8-2-1(7(13,14)15)3(9)5(11)6(12)4(2)10/h1-19H,22H2;/q+1;-1. The molecule has 12 heteroatoms. The number of ether oxygens (including phenoxy) is 1. The molecule has 0 fully saturated rings. The third-order valence-corrected chi connectivity index (χ3v) is 8.31. The third kappa shape index (κ3) is 8.39. The summed E-state index contributed by atoms with van der Waals surface area (Å²) in [6.07, 6.45) is 0. The molecule has 0 saturated carbocycles. The Kier molecular flexibility index (Phi) is 10.5. The quantitative estimate of drug-likeness (QED) is 0.0461. The summed E-state index contributed by atoms with van der Waals surface area (Å²) < 4.78 is 117. The second kappa shape index (κ2) is 14.3. The van der Waals surface area contributed by atoms with E-state index in [9.17, 15) is 39.1 Å². The van der Waals surface area contributed by atoms with E-state index in [4.69, 9.17) is 4.74 Å². The van der Waals surface area contributed by atoms with Crippen LogP contribution >= 0.6 is 0 Å². The number of benzene rings is 5. The number of para-hydroxylation sites is 1. The van der Waals surface area contributed by atoms with Crippen molar-refractivity contribution in [3.63, 3.8) is 0 Å². The van der Waals surface area contributed by atoms with Gasteiger partial charge in [0.05, 0.1) is 0 Å². The first-order valence-corrected chi connectivity index (χ1v) is 14.8. The molecule has 0 aliphatic heterocycles. The lowest BCUT2D eigenvalue weighted by Crippen LogP contribution is -2.41. The summed E-state index contributed by atoms with van der Waals surface area (Å²) in [5.74, 6) is -8.58. The van der Waals surface area contributed by atoms with Crippen molar-refractivity contribution in [1.29, 1.82) is 0 Å². The van der Waals surface area contributed by atoms with Gasteiger partial charge in [-0.15, -0.1) is 0 Å². The van der Waals surface area contributed by atoms with E-state index in [2.05, 4.69) is 11.2 Å². The Morgan fingerprint density at radius 2 is 1.02 bits per heavy atom. The Bertz CT molecular complexity index is 1830. The largest absolute Gasteiger partial charge is 0.515 e. The Morgan fingerprint density at radius 1 is 0.578 bits per heavy atom. The van der Waals surface area contributed by atoms with Crippen LogP contribution in [0.5, 0.6) is 11.5 Å². The second-order valence-electron chi connectivity index (χ2n) is 9.34. The summed E-state index contributed by atoms with van der Waals surface area (Å²) in [4.78, 5) is 0.748. The van der Waals surface area contributed by atoms with Crippen LogP contribution in [0.4, 0.5) is 34.9 Å². The lowest BCUT2D eigenvalue weighted by Gasteiger charge is -2.17. The van der Waals surface area contributed by atoms with Gasteiger partial charge in [0.1, 0.15) is 23.1 Å². The van der Waals surface area contributed by atoms with E-state index in [0.717, 1.165) is 27.5 Å². The highest BCUT2D eigenvalue weighted by molar-refractivity contribution is 8.06. The van der Waals surface area contributed by atoms with Crippen LogP contribution in [0.25, 0.3) is 0 Å². The maximum absolute atomic E-state index is 13.9. The van der Waals surface area contributed by atoms with Crippen molar-refractivity contribution in [3.05, 3.63) is 155 Å². The van der Waals surface area contributed by atoms with E-state index >= 15 is 0 Å². The van der Waals surface area contributed by atoms with Gasteiger partial charge in [0.2, 0.25) is 0 Å². The topological polar surface area (TPSA) is 26.3 Å². The molecule has 0 amide bonds. The Hall–Kier alpha value is -4.89. The third-order valence-electron chi connectivity index (χ3n) is 6.10. The minimum Gasteiger partial charge on any atom is -0.457 e. The van der Waals surface area contributed by atoms with Crippen LogP contribution < -0.4 is 10.2 Å². The summed E-state index contributed by atoms with van der Waals surface area (Å²) in [7, 11) is -2.59. The first kappa shape index (κ1) is 33.0. The number of hydrogen-bond donors (Lipinski definition) is 0. The second-order valence-corrected chi connectivity index (χ2v) is 11.7. The first-order valence-electron chi connectivity index (χ1n) is 13.1.